The van der Waals surface area contributed by atoms with E-state index in [1.165, 1.54) is 0 Å². The molecule has 2 rings (SSSR count). The van der Waals surface area contributed by atoms with Crippen LogP contribution >= 0.6 is 11.6 Å². The van der Waals surface area contributed by atoms with Gasteiger partial charge in [-0.05, 0) is 50.9 Å². The topological polar surface area (TPSA) is 96.7 Å². The largest absolute Gasteiger partial charge is 0.493 e. The molecule has 1 aromatic rings. The Labute approximate surface area is 159 Å². The van der Waals surface area contributed by atoms with E-state index in [2.05, 4.69) is 10.6 Å². The maximum absolute atomic E-state index is 12.6. The third-order valence-electron chi connectivity index (χ3n) is 4.24. The van der Waals surface area contributed by atoms with Gasteiger partial charge in [0.2, 0.25) is 0 Å². The summed E-state index contributed by atoms with van der Waals surface area (Å²) in [5.74, 6) is 0.268. The SMILES string of the molecule is CCNC(=O)N1CCC(NC(=O)c2ccc(Cl)cc2OCCCN)CC1. The number of benzene rings is 1. The maximum Gasteiger partial charge on any atom is 0.317 e. The highest BCUT2D eigenvalue weighted by atomic mass is 35.5. The van der Waals surface area contributed by atoms with E-state index >= 15 is 0 Å². The van der Waals surface area contributed by atoms with Crippen LogP contribution in [0.5, 0.6) is 5.75 Å². The van der Waals surface area contributed by atoms with Gasteiger partial charge < -0.3 is 26.0 Å². The Morgan fingerprint density at radius 1 is 1.35 bits per heavy atom. The van der Waals surface area contributed by atoms with Gasteiger partial charge in [-0.3, -0.25) is 4.79 Å². The number of carbonyl (C=O) groups is 2. The minimum Gasteiger partial charge on any atom is -0.493 e. The fourth-order valence-corrected chi connectivity index (χ4v) is 2.98. The quantitative estimate of drug-likeness (QED) is 0.628. The second-order valence-electron chi connectivity index (χ2n) is 6.20. The summed E-state index contributed by atoms with van der Waals surface area (Å²) in [5.41, 5.74) is 5.93. The molecule has 0 radical (unpaired) electrons. The van der Waals surface area contributed by atoms with Crippen molar-refractivity contribution in [3.05, 3.63) is 28.8 Å². The number of hydrogen-bond acceptors (Lipinski definition) is 4. The molecule has 8 heteroatoms. The molecule has 1 heterocycles. The lowest BCUT2D eigenvalue weighted by Gasteiger charge is -2.32. The van der Waals surface area contributed by atoms with E-state index < -0.39 is 0 Å². The fraction of sp³-hybridized carbons (Fsp3) is 0.556. The number of urea groups is 1. The van der Waals surface area contributed by atoms with Crippen LogP contribution in [-0.4, -0.2) is 55.7 Å². The van der Waals surface area contributed by atoms with Crippen molar-refractivity contribution in [2.75, 3.05) is 32.8 Å². The van der Waals surface area contributed by atoms with E-state index in [0.717, 1.165) is 12.8 Å². The molecule has 7 nitrogen and oxygen atoms in total. The molecule has 1 aromatic carbocycles. The van der Waals surface area contributed by atoms with Crippen LogP contribution in [0.2, 0.25) is 5.02 Å². The Balaban J connectivity index is 1.93. The Bertz CT molecular complexity index is 618. The summed E-state index contributed by atoms with van der Waals surface area (Å²) in [6, 6.07) is 4.96. The predicted octanol–water partition coefficient (Wildman–Crippen LogP) is 1.99. The van der Waals surface area contributed by atoms with Gasteiger partial charge in [-0.25, -0.2) is 4.79 Å². The zero-order chi connectivity index (χ0) is 18.9. The Kier molecular flexibility index (Phi) is 8.00. The van der Waals surface area contributed by atoms with Gasteiger partial charge in [0.1, 0.15) is 5.75 Å². The number of hydrogen-bond donors (Lipinski definition) is 3. The van der Waals surface area contributed by atoms with E-state index in [9.17, 15) is 9.59 Å². The van der Waals surface area contributed by atoms with Gasteiger partial charge in [-0.2, -0.15) is 0 Å². The minimum atomic E-state index is -0.194. The molecule has 3 amide bonds. The van der Waals surface area contributed by atoms with Crippen LogP contribution < -0.4 is 21.1 Å². The molecule has 1 saturated heterocycles. The van der Waals surface area contributed by atoms with Gasteiger partial charge in [0.15, 0.2) is 0 Å². The van der Waals surface area contributed by atoms with Crippen molar-refractivity contribution in [3.8, 4) is 5.75 Å². The third kappa shape index (κ3) is 5.78. The summed E-state index contributed by atoms with van der Waals surface area (Å²) in [6.07, 6.45) is 2.14. The number of nitrogens with one attached hydrogen (secondary N) is 2. The van der Waals surface area contributed by atoms with Crippen LogP contribution in [0.3, 0.4) is 0 Å². The molecule has 0 spiro atoms. The second kappa shape index (κ2) is 10.2. The monoisotopic (exact) mass is 382 g/mol. The lowest BCUT2D eigenvalue weighted by molar-refractivity contribution is 0.0914. The second-order valence-corrected chi connectivity index (χ2v) is 6.64. The molecule has 0 saturated carbocycles. The Morgan fingerprint density at radius 2 is 2.08 bits per heavy atom. The summed E-state index contributed by atoms with van der Waals surface area (Å²) in [6.45, 7) is 4.70. The molecule has 1 aliphatic rings. The van der Waals surface area contributed by atoms with Crippen LogP contribution in [-0.2, 0) is 0 Å². The van der Waals surface area contributed by atoms with Gasteiger partial charge in [-0.1, -0.05) is 11.6 Å². The van der Waals surface area contributed by atoms with Crippen LogP contribution in [0.15, 0.2) is 18.2 Å². The van der Waals surface area contributed by atoms with Crippen molar-refractivity contribution >= 4 is 23.5 Å². The van der Waals surface area contributed by atoms with E-state index in [1.54, 1.807) is 23.1 Å². The Hall–Kier alpha value is -1.99. The molecule has 0 aliphatic carbocycles. The van der Waals surface area contributed by atoms with Gasteiger partial charge >= 0.3 is 6.03 Å². The van der Waals surface area contributed by atoms with Crippen molar-refractivity contribution in [1.82, 2.24) is 15.5 Å². The van der Waals surface area contributed by atoms with Gasteiger partial charge in [-0.15, -0.1) is 0 Å². The molecule has 0 unspecified atom stereocenters. The van der Waals surface area contributed by atoms with Crippen molar-refractivity contribution in [2.45, 2.75) is 32.2 Å². The average molecular weight is 383 g/mol. The normalized spacial score (nSPS) is 14.8. The van der Waals surface area contributed by atoms with E-state index in [1.807, 2.05) is 6.92 Å². The first-order valence-corrected chi connectivity index (χ1v) is 9.39. The molecule has 144 valence electrons. The minimum absolute atomic E-state index is 0.0285. The van der Waals surface area contributed by atoms with Gasteiger partial charge in [0.25, 0.3) is 5.91 Å². The number of nitrogens with two attached hydrogens (primary N) is 1. The number of piperidine rings is 1. The standard InChI is InChI=1S/C18H27ClN4O3/c1-2-21-18(25)23-9-6-14(7-10-23)22-17(24)15-5-4-13(19)12-16(15)26-11-3-8-20/h4-5,12,14H,2-3,6-11,20H2,1H3,(H,21,25)(H,22,24). The average Bonchev–Trinajstić information content (AvgIpc) is 2.63. The molecule has 1 fully saturated rings. The molecule has 0 bridgehead atoms. The number of likely N-dealkylation sites (tertiary alicyclic amines) is 1. The highest BCUT2D eigenvalue weighted by Crippen LogP contribution is 2.24. The summed E-state index contributed by atoms with van der Waals surface area (Å²) in [4.78, 5) is 26.3. The summed E-state index contributed by atoms with van der Waals surface area (Å²) < 4.78 is 5.66. The van der Waals surface area contributed by atoms with E-state index in [0.29, 0.717) is 55.5 Å². The van der Waals surface area contributed by atoms with Crippen molar-refractivity contribution in [1.29, 1.82) is 0 Å². The van der Waals surface area contributed by atoms with E-state index in [-0.39, 0.29) is 18.0 Å². The molecular weight excluding hydrogens is 356 g/mol. The molecule has 26 heavy (non-hydrogen) atoms. The first-order valence-electron chi connectivity index (χ1n) is 9.01. The molecular formula is C18H27ClN4O3. The summed E-state index contributed by atoms with van der Waals surface area (Å²) >= 11 is 6.02. The van der Waals surface area contributed by atoms with Crippen LogP contribution in [0.25, 0.3) is 0 Å². The number of ether oxygens (including phenoxy) is 1. The lowest BCUT2D eigenvalue weighted by atomic mass is 10.0. The first-order chi connectivity index (χ1) is 12.5. The van der Waals surface area contributed by atoms with Crippen LogP contribution in [0.1, 0.15) is 36.5 Å². The maximum atomic E-state index is 12.6. The zero-order valence-corrected chi connectivity index (χ0v) is 15.8. The molecule has 4 N–H and O–H groups in total. The predicted molar refractivity (Wildman–Crippen MR) is 102 cm³/mol. The highest BCUT2D eigenvalue weighted by Gasteiger charge is 2.24. The van der Waals surface area contributed by atoms with Crippen LogP contribution in [0, 0.1) is 0 Å². The molecule has 0 aromatic heterocycles. The van der Waals surface area contributed by atoms with Crippen LogP contribution in [0.4, 0.5) is 4.79 Å². The van der Waals surface area contributed by atoms with Crippen molar-refractivity contribution < 1.29 is 14.3 Å². The zero-order valence-electron chi connectivity index (χ0n) is 15.1. The number of amides is 3. The Morgan fingerprint density at radius 3 is 2.73 bits per heavy atom. The molecule has 1 aliphatic heterocycles. The smallest absolute Gasteiger partial charge is 0.317 e. The third-order valence-corrected chi connectivity index (χ3v) is 4.47. The number of nitrogens with zero attached hydrogens (tertiary/aromatic N) is 1. The number of carbonyl (C=O) groups excluding carboxylic acids is 2. The fourth-order valence-electron chi connectivity index (χ4n) is 2.82. The number of rotatable bonds is 7. The first kappa shape index (κ1) is 20.3. The summed E-state index contributed by atoms with van der Waals surface area (Å²) in [5, 5.41) is 6.34. The van der Waals surface area contributed by atoms with Gasteiger partial charge in [0.05, 0.1) is 12.2 Å². The summed E-state index contributed by atoms with van der Waals surface area (Å²) in [7, 11) is 0. The number of halogens is 1. The van der Waals surface area contributed by atoms with Crippen molar-refractivity contribution in [2.24, 2.45) is 5.73 Å². The highest BCUT2D eigenvalue weighted by molar-refractivity contribution is 6.30. The van der Waals surface area contributed by atoms with Crippen molar-refractivity contribution in [3.63, 3.8) is 0 Å². The van der Waals surface area contributed by atoms with E-state index in [4.69, 9.17) is 22.1 Å². The van der Waals surface area contributed by atoms with Gasteiger partial charge in [0, 0.05) is 30.7 Å². The molecule has 0 atom stereocenters. The lowest BCUT2D eigenvalue weighted by Crippen LogP contribution is -2.49.